The predicted octanol–water partition coefficient (Wildman–Crippen LogP) is 2.98. The Morgan fingerprint density at radius 1 is 1.09 bits per heavy atom. The summed E-state index contributed by atoms with van der Waals surface area (Å²) >= 11 is 15.7. The maximum absolute atomic E-state index is 11.5. The molecule has 0 heterocycles. The summed E-state index contributed by atoms with van der Waals surface area (Å²) in [5.41, 5.74) is -2.28. The van der Waals surface area contributed by atoms with Gasteiger partial charge in [0.2, 0.25) is 0 Å². The van der Waals surface area contributed by atoms with Gasteiger partial charge in [-0.25, -0.2) is 4.79 Å². The maximum Gasteiger partial charge on any atom is 0.364 e. The Hall–Kier alpha value is -1.97. The molecule has 0 saturated carbocycles. The van der Waals surface area contributed by atoms with Crippen LogP contribution in [0.5, 0.6) is 5.75 Å². The van der Waals surface area contributed by atoms with Crippen molar-refractivity contribution in [2.45, 2.75) is 10.7 Å². The van der Waals surface area contributed by atoms with Crippen molar-refractivity contribution in [3.63, 3.8) is 0 Å². The van der Waals surface area contributed by atoms with Crippen LogP contribution in [0, 0.1) is 20.2 Å². The Labute approximate surface area is 137 Å². The number of carbonyl (C=O) groups is 2. The number of carbonyl (C=O) groups excluding carboxylic acids is 2. The fourth-order valence-electron chi connectivity index (χ4n) is 1.33. The van der Waals surface area contributed by atoms with Crippen LogP contribution in [0.3, 0.4) is 0 Å². The lowest BCUT2D eigenvalue weighted by Gasteiger charge is -2.11. The molecule has 118 valence electrons. The molecule has 0 aromatic heterocycles. The van der Waals surface area contributed by atoms with Gasteiger partial charge in [-0.3, -0.25) is 25.0 Å². The SMILES string of the molecule is CC(=O)c1cc([N+](=O)[O-])c(OC(=O)C(Cl)(Cl)Cl)c([N+](=O)[O-])c1. The molecule has 9 nitrogen and oxygen atoms in total. The molecule has 0 aliphatic heterocycles. The van der Waals surface area contributed by atoms with Crippen molar-refractivity contribution in [1.82, 2.24) is 0 Å². The first kappa shape index (κ1) is 18.1. The molecule has 22 heavy (non-hydrogen) atoms. The van der Waals surface area contributed by atoms with Gasteiger partial charge in [-0.2, -0.15) is 0 Å². The molecule has 0 aliphatic carbocycles. The first-order valence-corrected chi connectivity index (χ1v) is 6.35. The van der Waals surface area contributed by atoms with Crippen LogP contribution in [0.25, 0.3) is 0 Å². The van der Waals surface area contributed by atoms with E-state index in [9.17, 15) is 29.8 Å². The molecule has 12 heteroatoms. The smallest absolute Gasteiger partial charge is 0.364 e. The van der Waals surface area contributed by atoms with Crippen molar-refractivity contribution in [3.05, 3.63) is 37.9 Å². The fraction of sp³-hybridized carbons (Fsp3) is 0.200. The predicted molar refractivity (Wildman–Crippen MR) is 75.7 cm³/mol. The number of nitro benzene ring substituents is 2. The van der Waals surface area contributed by atoms with Crippen LogP contribution in [0.1, 0.15) is 17.3 Å². The van der Waals surface area contributed by atoms with Gasteiger partial charge in [0.05, 0.1) is 9.85 Å². The summed E-state index contributed by atoms with van der Waals surface area (Å²) in [7, 11) is 0. The third-order valence-corrected chi connectivity index (χ3v) is 2.74. The standard InChI is InChI=1S/C10H5Cl3N2O7/c1-4(16)5-2-6(14(18)19)8(7(3-5)15(20)21)22-9(17)10(11,12)13/h2-3H,1H3. The zero-order valence-electron chi connectivity index (χ0n) is 10.5. The van der Waals surface area contributed by atoms with Gasteiger partial charge in [-0.1, -0.05) is 34.8 Å². The highest BCUT2D eigenvalue weighted by Crippen LogP contribution is 2.40. The molecular weight excluding hydrogens is 366 g/mol. The van der Waals surface area contributed by atoms with Crippen LogP contribution in [-0.4, -0.2) is 25.4 Å². The van der Waals surface area contributed by atoms with Gasteiger partial charge in [0.25, 0.3) is 9.54 Å². The first-order valence-electron chi connectivity index (χ1n) is 5.22. The minimum atomic E-state index is -2.60. The van der Waals surface area contributed by atoms with Gasteiger partial charge >= 0.3 is 17.3 Å². The normalized spacial score (nSPS) is 10.9. The van der Waals surface area contributed by atoms with E-state index in [2.05, 4.69) is 4.74 Å². The number of nitrogens with zero attached hydrogens (tertiary/aromatic N) is 2. The quantitative estimate of drug-likeness (QED) is 0.198. The van der Waals surface area contributed by atoms with Gasteiger partial charge in [0.15, 0.2) is 5.78 Å². The number of ketones is 1. The van der Waals surface area contributed by atoms with Gasteiger partial charge < -0.3 is 4.74 Å². The number of nitro groups is 2. The average molecular weight is 372 g/mol. The number of alkyl halides is 3. The number of hydrogen-bond acceptors (Lipinski definition) is 7. The molecular formula is C10H5Cl3N2O7. The van der Waals surface area contributed by atoms with E-state index in [0.29, 0.717) is 0 Å². The van der Waals surface area contributed by atoms with Gasteiger partial charge in [0.1, 0.15) is 0 Å². The van der Waals surface area contributed by atoms with E-state index in [4.69, 9.17) is 34.8 Å². The molecule has 0 fully saturated rings. The molecule has 0 bridgehead atoms. The lowest BCUT2D eigenvalue weighted by molar-refractivity contribution is -0.395. The number of Topliss-reactive ketones (excluding diaryl/α,β-unsaturated/α-hetero) is 1. The summed E-state index contributed by atoms with van der Waals surface area (Å²) in [6.07, 6.45) is 0. The fourth-order valence-corrected chi connectivity index (χ4v) is 1.44. The zero-order chi connectivity index (χ0) is 17.2. The van der Waals surface area contributed by atoms with Crippen molar-refractivity contribution in [1.29, 1.82) is 0 Å². The Balaban J connectivity index is 3.59. The van der Waals surface area contributed by atoms with E-state index < -0.39 is 42.5 Å². The Kier molecular flexibility index (Phi) is 5.28. The second-order valence-corrected chi connectivity index (χ2v) is 6.08. The van der Waals surface area contributed by atoms with Crippen LogP contribution < -0.4 is 4.74 Å². The molecule has 0 amide bonds. The van der Waals surface area contributed by atoms with E-state index >= 15 is 0 Å². The Morgan fingerprint density at radius 2 is 1.50 bits per heavy atom. The second-order valence-electron chi connectivity index (χ2n) is 3.80. The van der Waals surface area contributed by atoms with Crippen LogP contribution in [0.15, 0.2) is 12.1 Å². The molecule has 1 aromatic rings. The monoisotopic (exact) mass is 370 g/mol. The largest absolute Gasteiger partial charge is 0.409 e. The highest BCUT2D eigenvalue weighted by molar-refractivity contribution is 6.75. The highest BCUT2D eigenvalue weighted by Gasteiger charge is 2.38. The molecule has 1 rings (SSSR count). The summed E-state index contributed by atoms with van der Waals surface area (Å²) in [6.45, 7) is 1.05. The van der Waals surface area contributed by atoms with Crippen molar-refractivity contribution in [3.8, 4) is 5.75 Å². The van der Waals surface area contributed by atoms with Crippen LogP contribution in [0.2, 0.25) is 0 Å². The summed E-state index contributed by atoms with van der Waals surface area (Å²) in [5.74, 6) is -3.26. The van der Waals surface area contributed by atoms with Gasteiger partial charge in [0, 0.05) is 17.7 Å². The number of halogens is 3. The average Bonchev–Trinajstić information content (AvgIpc) is 2.36. The lowest BCUT2D eigenvalue weighted by Crippen LogP contribution is -2.25. The second kappa shape index (κ2) is 6.42. The van der Waals surface area contributed by atoms with E-state index in [0.717, 1.165) is 19.1 Å². The van der Waals surface area contributed by atoms with E-state index in [1.165, 1.54) is 0 Å². The lowest BCUT2D eigenvalue weighted by atomic mass is 10.1. The number of ether oxygens (including phenoxy) is 1. The number of hydrogen-bond donors (Lipinski definition) is 0. The molecule has 0 aliphatic rings. The van der Waals surface area contributed by atoms with E-state index in [1.807, 2.05) is 0 Å². The highest BCUT2D eigenvalue weighted by atomic mass is 35.6. The van der Waals surface area contributed by atoms with Crippen molar-refractivity contribution >= 4 is 57.9 Å². The van der Waals surface area contributed by atoms with E-state index in [-0.39, 0.29) is 5.56 Å². The molecule has 1 aromatic carbocycles. The maximum atomic E-state index is 11.5. The number of esters is 1. The summed E-state index contributed by atoms with van der Waals surface area (Å²) in [6, 6.07) is 1.44. The number of benzene rings is 1. The zero-order valence-corrected chi connectivity index (χ0v) is 12.8. The van der Waals surface area contributed by atoms with Crippen LogP contribution in [-0.2, 0) is 4.79 Å². The van der Waals surface area contributed by atoms with Gasteiger partial charge in [-0.05, 0) is 6.92 Å². The van der Waals surface area contributed by atoms with Crippen LogP contribution >= 0.6 is 34.8 Å². The third kappa shape index (κ3) is 4.03. The Bertz CT molecular complexity index is 649. The molecule has 0 N–H and O–H groups in total. The van der Waals surface area contributed by atoms with Crippen molar-refractivity contribution < 1.29 is 24.2 Å². The molecule has 0 spiro atoms. The summed E-state index contributed by atoms with van der Waals surface area (Å²) in [4.78, 5) is 42.6. The van der Waals surface area contributed by atoms with Crippen LogP contribution in [0.4, 0.5) is 11.4 Å². The van der Waals surface area contributed by atoms with Gasteiger partial charge in [-0.15, -0.1) is 0 Å². The van der Waals surface area contributed by atoms with E-state index in [1.54, 1.807) is 0 Å². The van der Waals surface area contributed by atoms with Crippen molar-refractivity contribution in [2.24, 2.45) is 0 Å². The molecule has 0 saturated heterocycles. The van der Waals surface area contributed by atoms with Crippen molar-refractivity contribution in [2.75, 3.05) is 0 Å². The Morgan fingerprint density at radius 3 is 1.77 bits per heavy atom. The molecule has 0 unspecified atom stereocenters. The number of rotatable bonds is 4. The summed E-state index contributed by atoms with van der Waals surface area (Å²) < 4.78 is 1.87. The first-order chi connectivity index (χ1) is 9.95. The molecule has 0 atom stereocenters. The summed E-state index contributed by atoms with van der Waals surface area (Å²) in [5, 5.41) is 22.0. The minimum Gasteiger partial charge on any atom is -0.409 e. The minimum absolute atomic E-state index is 0.313. The third-order valence-electron chi connectivity index (χ3n) is 2.28. The molecule has 0 radical (unpaired) electrons. The topological polar surface area (TPSA) is 130 Å².